The summed E-state index contributed by atoms with van der Waals surface area (Å²) in [5.41, 5.74) is 0.724. The average molecular weight is 331 g/mol. The van der Waals surface area contributed by atoms with Crippen LogP contribution in [-0.4, -0.2) is 22.1 Å². The van der Waals surface area contributed by atoms with E-state index in [0.29, 0.717) is 12.2 Å². The summed E-state index contributed by atoms with van der Waals surface area (Å²) >= 11 is 0. The summed E-state index contributed by atoms with van der Waals surface area (Å²) in [6.45, 7) is 7.92. The van der Waals surface area contributed by atoms with Crippen LogP contribution < -0.4 is 4.74 Å². The minimum Gasteiger partial charge on any atom is -0.462 e. The number of hydrogen-bond donors (Lipinski definition) is 1. The first-order valence-corrected chi connectivity index (χ1v) is 8.38. The van der Waals surface area contributed by atoms with Crippen molar-refractivity contribution in [3.05, 3.63) is 41.7 Å². The summed E-state index contributed by atoms with van der Waals surface area (Å²) in [7, 11) is 0. The van der Waals surface area contributed by atoms with Gasteiger partial charge in [-0.3, -0.25) is 14.8 Å². The quantitative estimate of drug-likeness (QED) is 0.488. The van der Waals surface area contributed by atoms with Crippen LogP contribution >= 0.6 is 0 Å². The fourth-order valence-corrected chi connectivity index (χ4v) is 3.06. The number of amides is 2. The van der Waals surface area contributed by atoms with Gasteiger partial charge in [-0.2, -0.15) is 5.06 Å². The van der Waals surface area contributed by atoms with Crippen molar-refractivity contribution >= 4 is 11.8 Å². The van der Waals surface area contributed by atoms with Crippen LogP contribution in [0.4, 0.5) is 0 Å². The number of nitrogens with zero attached hydrogens (tertiary/aromatic N) is 1. The van der Waals surface area contributed by atoms with E-state index in [4.69, 9.17) is 4.74 Å². The molecule has 5 heteroatoms. The van der Waals surface area contributed by atoms with Gasteiger partial charge in [-0.05, 0) is 43.0 Å². The van der Waals surface area contributed by atoms with Gasteiger partial charge in [-0.15, -0.1) is 0 Å². The SMILES string of the molecule is CC=C(CC)Oc1ccc(C2C(=O)N(O)C(=O)C2CC(C)C)cc1. The van der Waals surface area contributed by atoms with E-state index in [2.05, 4.69) is 0 Å². The number of carbonyl (C=O) groups excluding carboxylic acids is 2. The Morgan fingerprint density at radius 1 is 1.25 bits per heavy atom. The lowest BCUT2D eigenvalue weighted by Gasteiger charge is -2.17. The summed E-state index contributed by atoms with van der Waals surface area (Å²) in [5, 5.41) is 10.00. The second kappa shape index (κ2) is 7.62. The highest BCUT2D eigenvalue weighted by Gasteiger charge is 2.48. The zero-order valence-corrected chi connectivity index (χ0v) is 14.7. The van der Waals surface area contributed by atoms with Crippen LogP contribution in [0, 0.1) is 11.8 Å². The monoisotopic (exact) mass is 331 g/mol. The maximum Gasteiger partial charge on any atom is 0.261 e. The van der Waals surface area contributed by atoms with Gasteiger partial charge in [-0.1, -0.05) is 32.9 Å². The van der Waals surface area contributed by atoms with Crippen molar-refractivity contribution in [3.63, 3.8) is 0 Å². The van der Waals surface area contributed by atoms with Gasteiger partial charge >= 0.3 is 0 Å². The number of rotatable bonds is 6. The molecule has 0 radical (unpaired) electrons. The molecule has 24 heavy (non-hydrogen) atoms. The first-order valence-electron chi connectivity index (χ1n) is 8.38. The third-order valence-corrected chi connectivity index (χ3v) is 4.29. The molecule has 1 aromatic carbocycles. The van der Waals surface area contributed by atoms with Crippen molar-refractivity contribution in [2.45, 2.75) is 46.5 Å². The highest BCUT2D eigenvalue weighted by Crippen LogP contribution is 2.38. The first-order chi connectivity index (χ1) is 11.4. The Kier molecular flexibility index (Phi) is 5.78. The highest BCUT2D eigenvalue weighted by molar-refractivity contribution is 6.06. The number of hydrogen-bond acceptors (Lipinski definition) is 4. The van der Waals surface area contributed by atoms with Gasteiger partial charge < -0.3 is 4.74 Å². The molecule has 1 fully saturated rings. The molecule has 0 aliphatic carbocycles. The van der Waals surface area contributed by atoms with Gasteiger partial charge in [0.25, 0.3) is 11.8 Å². The van der Waals surface area contributed by atoms with Crippen molar-refractivity contribution in [2.24, 2.45) is 11.8 Å². The minimum atomic E-state index is -0.633. The number of hydroxylamine groups is 2. The maximum absolute atomic E-state index is 12.3. The van der Waals surface area contributed by atoms with Crippen LogP contribution in [-0.2, 0) is 9.59 Å². The van der Waals surface area contributed by atoms with Crippen LogP contribution in [0.25, 0.3) is 0 Å². The number of carbonyl (C=O) groups is 2. The standard InChI is InChI=1S/C19H25NO4/c1-5-14(6-2)24-15-9-7-13(8-10-15)17-16(11-12(3)4)18(21)20(23)19(17)22/h5,7-10,12,16-17,23H,6,11H2,1-4H3. The molecule has 0 bridgehead atoms. The Morgan fingerprint density at radius 3 is 2.38 bits per heavy atom. The van der Waals surface area contributed by atoms with Crippen LogP contribution in [0.1, 0.15) is 52.0 Å². The number of ether oxygens (including phenoxy) is 1. The molecule has 1 N–H and O–H groups in total. The third kappa shape index (κ3) is 3.67. The molecule has 2 rings (SSSR count). The molecule has 0 spiro atoms. The van der Waals surface area contributed by atoms with Crippen molar-refractivity contribution in [1.29, 1.82) is 0 Å². The van der Waals surface area contributed by atoms with Crippen molar-refractivity contribution in [3.8, 4) is 5.75 Å². The Hall–Kier alpha value is -2.14. The van der Waals surface area contributed by atoms with E-state index >= 15 is 0 Å². The molecular formula is C19H25NO4. The molecule has 5 nitrogen and oxygen atoms in total. The van der Waals surface area contributed by atoms with Gasteiger partial charge in [-0.25, -0.2) is 0 Å². The minimum absolute atomic E-state index is 0.255. The molecule has 1 aliphatic heterocycles. The van der Waals surface area contributed by atoms with Crippen LogP contribution in [0.5, 0.6) is 5.75 Å². The highest BCUT2D eigenvalue weighted by atomic mass is 16.5. The Balaban J connectivity index is 2.25. The van der Waals surface area contributed by atoms with E-state index in [1.54, 1.807) is 24.3 Å². The molecule has 0 saturated carbocycles. The normalized spacial score (nSPS) is 21.8. The smallest absolute Gasteiger partial charge is 0.261 e. The van der Waals surface area contributed by atoms with Crippen molar-refractivity contribution < 1.29 is 19.5 Å². The first kappa shape index (κ1) is 18.2. The predicted molar refractivity (Wildman–Crippen MR) is 90.4 cm³/mol. The van der Waals surface area contributed by atoms with E-state index in [1.807, 2.05) is 33.8 Å². The number of benzene rings is 1. The number of allylic oxidation sites excluding steroid dienone is 2. The summed E-state index contributed by atoms with van der Waals surface area (Å²) in [6, 6.07) is 7.17. The van der Waals surface area contributed by atoms with Crippen LogP contribution in [0.2, 0.25) is 0 Å². The summed E-state index contributed by atoms with van der Waals surface area (Å²) in [6.07, 6.45) is 3.27. The van der Waals surface area contributed by atoms with Gasteiger partial charge in [0.15, 0.2) is 0 Å². The zero-order chi connectivity index (χ0) is 17.9. The predicted octanol–water partition coefficient (Wildman–Crippen LogP) is 3.88. The summed E-state index contributed by atoms with van der Waals surface area (Å²) < 4.78 is 5.74. The molecule has 2 atom stereocenters. The lowest BCUT2D eigenvalue weighted by Crippen LogP contribution is -2.27. The van der Waals surface area contributed by atoms with E-state index < -0.39 is 23.7 Å². The van der Waals surface area contributed by atoms with Crippen molar-refractivity contribution in [1.82, 2.24) is 5.06 Å². The third-order valence-electron chi connectivity index (χ3n) is 4.29. The maximum atomic E-state index is 12.3. The molecule has 0 aromatic heterocycles. The largest absolute Gasteiger partial charge is 0.462 e. The van der Waals surface area contributed by atoms with Crippen molar-refractivity contribution in [2.75, 3.05) is 0 Å². The zero-order valence-electron chi connectivity index (χ0n) is 14.7. The molecular weight excluding hydrogens is 306 g/mol. The van der Waals surface area contributed by atoms with Crippen LogP contribution in [0.15, 0.2) is 36.1 Å². The lowest BCUT2D eigenvalue weighted by molar-refractivity contribution is -0.172. The topological polar surface area (TPSA) is 66.8 Å². The molecule has 130 valence electrons. The van der Waals surface area contributed by atoms with E-state index in [9.17, 15) is 14.8 Å². The van der Waals surface area contributed by atoms with E-state index in [0.717, 1.165) is 17.7 Å². The number of imide groups is 1. The van der Waals surface area contributed by atoms with E-state index in [1.165, 1.54) is 0 Å². The van der Waals surface area contributed by atoms with Gasteiger partial charge in [0, 0.05) is 6.42 Å². The fourth-order valence-electron chi connectivity index (χ4n) is 3.06. The second-order valence-electron chi connectivity index (χ2n) is 6.48. The Bertz CT molecular complexity index is 633. The molecule has 1 heterocycles. The Labute approximate surface area is 142 Å². The lowest BCUT2D eigenvalue weighted by atomic mass is 9.83. The van der Waals surface area contributed by atoms with E-state index in [-0.39, 0.29) is 11.0 Å². The summed E-state index contributed by atoms with van der Waals surface area (Å²) in [4.78, 5) is 24.4. The van der Waals surface area contributed by atoms with Gasteiger partial charge in [0.1, 0.15) is 5.75 Å². The molecule has 2 amide bonds. The second-order valence-corrected chi connectivity index (χ2v) is 6.48. The Morgan fingerprint density at radius 2 is 1.88 bits per heavy atom. The van der Waals surface area contributed by atoms with Crippen LogP contribution in [0.3, 0.4) is 0 Å². The molecule has 1 aromatic rings. The molecule has 1 saturated heterocycles. The fraction of sp³-hybridized carbons (Fsp3) is 0.474. The molecule has 1 aliphatic rings. The average Bonchev–Trinajstić information content (AvgIpc) is 2.77. The summed E-state index contributed by atoms with van der Waals surface area (Å²) in [5.74, 6) is -0.406. The van der Waals surface area contributed by atoms with Gasteiger partial charge in [0.05, 0.1) is 17.6 Å². The molecule has 2 unspecified atom stereocenters. The van der Waals surface area contributed by atoms with Gasteiger partial charge in [0.2, 0.25) is 0 Å².